The van der Waals surface area contributed by atoms with Gasteiger partial charge in [0, 0.05) is 145 Å². The van der Waals surface area contributed by atoms with E-state index < -0.39 is 23.5 Å². The van der Waals surface area contributed by atoms with E-state index in [0.717, 1.165) is 71.7 Å². The Bertz CT molecular complexity index is 3200. The number of halogens is 2. The molecule has 366 valence electrons. The van der Waals surface area contributed by atoms with Crippen LogP contribution in [0.1, 0.15) is 78.3 Å². The smallest absolute Gasteiger partial charge is 0.329 e. The van der Waals surface area contributed by atoms with Crippen LogP contribution in [0.4, 0.5) is 20.2 Å². The molecule has 2 atom stereocenters. The number of hydrogen-bond donors (Lipinski definition) is 2. The monoisotopic (exact) mass is 955 g/mol. The Morgan fingerprint density at radius 3 is 2.31 bits per heavy atom. The number of likely N-dealkylation sites (tertiary alicyclic amines) is 1. The summed E-state index contributed by atoms with van der Waals surface area (Å²) in [6, 6.07) is 12.8. The van der Waals surface area contributed by atoms with Gasteiger partial charge in [-0.2, -0.15) is 0 Å². The number of carbonyl (C=O) groups is 3. The van der Waals surface area contributed by atoms with Gasteiger partial charge < -0.3 is 19.7 Å². The van der Waals surface area contributed by atoms with Gasteiger partial charge in [-0.25, -0.2) is 18.6 Å². The van der Waals surface area contributed by atoms with Crippen LogP contribution < -0.4 is 26.8 Å². The van der Waals surface area contributed by atoms with Crippen molar-refractivity contribution in [3.63, 3.8) is 0 Å². The molecule has 0 radical (unpaired) electrons. The lowest BCUT2D eigenvalue weighted by Gasteiger charge is -2.39. The van der Waals surface area contributed by atoms with E-state index in [-0.39, 0.29) is 42.1 Å². The van der Waals surface area contributed by atoms with E-state index >= 15 is 8.78 Å². The molecule has 6 aromatic rings. The fraction of sp³-hybridized carbons (Fsp3) is 0.423. The number of carbonyl (C=O) groups excluding carboxylic acids is 3. The number of amides is 3. The molecule has 4 aromatic heterocycles. The highest BCUT2D eigenvalue weighted by Crippen LogP contribution is 2.35. The molecule has 10 rings (SSSR count). The summed E-state index contributed by atoms with van der Waals surface area (Å²) in [4.78, 5) is 77.7. The van der Waals surface area contributed by atoms with E-state index in [0.29, 0.717) is 79.5 Å². The molecule has 3 fully saturated rings. The van der Waals surface area contributed by atoms with Gasteiger partial charge in [0.15, 0.2) is 0 Å². The molecule has 3 amide bonds. The quantitative estimate of drug-likeness (QED) is 0.168. The van der Waals surface area contributed by atoms with Gasteiger partial charge in [0.05, 0.1) is 22.4 Å². The number of aromatic nitrogens is 5. The fourth-order valence-electron chi connectivity index (χ4n) is 11.3. The van der Waals surface area contributed by atoms with E-state index in [4.69, 9.17) is 0 Å². The number of nitrogens with one attached hydrogen (secondary N) is 2. The first-order valence-corrected chi connectivity index (χ1v) is 24.3. The van der Waals surface area contributed by atoms with Gasteiger partial charge in [0.2, 0.25) is 11.8 Å². The third-order valence-corrected chi connectivity index (χ3v) is 15.3. The molecule has 3 saturated heterocycles. The lowest BCUT2D eigenvalue weighted by Crippen LogP contribution is -2.49. The Hall–Kier alpha value is -6.92. The number of benzene rings is 2. The van der Waals surface area contributed by atoms with Crippen LogP contribution in [-0.4, -0.2) is 122 Å². The number of imidazole rings is 1. The van der Waals surface area contributed by atoms with E-state index in [2.05, 4.69) is 49.1 Å². The molecule has 16 nitrogen and oxygen atoms in total. The first-order chi connectivity index (χ1) is 33.7. The van der Waals surface area contributed by atoms with Crippen molar-refractivity contribution in [1.82, 2.24) is 43.3 Å². The number of hydrogen-bond acceptors (Lipinski definition) is 10. The molecule has 8 heterocycles. The zero-order valence-corrected chi connectivity index (χ0v) is 40.3. The number of rotatable bonds is 10. The molecular formula is C52H59F2N11O5. The second-order valence-electron chi connectivity index (χ2n) is 19.4. The molecule has 4 aliphatic heterocycles. The zero-order chi connectivity index (χ0) is 49.1. The highest BCUT2D eigenvalue weighted by molar-refractivity contribution is 6.00. The Kier molecular flexibility index (Phi) is 12.5. The molecule has 0 spiro atoms. The average Bonchev–Trinajstić information content (AvgIpc) is 3.82. The Morgan fingerprint density at radius 2 is 1.63 bits per heavy atom. The van der Waals surface area contributed by atoms with Crippen molar-refractivity contribution < 1.29 is 23.2 Å². The van der Waals surface area contributed by atoms with Crippen LogP contribution in [0, 0.1) is 24.5 Å². The van der Waals surface area contributed by atoms with Crippen LogP contribution in [-0.2, 0) is 23.7 Å². The molecule has 2 N–H and O–H groups in total. The summed E-state index contributed by atoms with van der Waals surface area (Å²) in [5.41, 5.74) is 6.62. The van der Waals surface area contributed by atoms with Gasteiger partial charge in [-0.05, 0) is 93.0 Å². The van der Waals surface area contributed by atoms with Crippen molar-refractivity contribution >= 4 is 56.7 Å². The fourth-order valence-corrected chi connectivity index (χ4v) is 11.3. The first kappa shape index (κ1) is 46.8. The third kappa shape index (κ3) is 8.50. The molecule has 0 saturated carbocycles. The number of pyridine rings is 2. The standard InChI is InChI=1S/C52H59F2N11O5/c1-31-24-35(25-39(54)48(31)34-11-17-61(18-12-34)32(2)42-27-37-40(8-14-56-49(37)58(42)4)64-19-13-36(55-3)26-47(64)67)51(69)63-15-9-33(10-16-63)30-60-20-22-62(23-21-60)43-29-44-45(28-38(43)53)65(52(70)59(44)5)41-6-7-46(66)57-50(41)68/h8,11,13-14,19,24-29,32-33,41,55H,6-7,9-10,12,15-18,20-23,30H2,1-5H3,(H,57,66,68)/t32-,41-/m0/s1. The number of aryl methyl sites for hydroxylation is 3. The van der Waals surface area contributed by atoms with Gasteiger partial charge in [-0.3, -0.25) is 48.0 Å². The minimum Gasteiger partial charge on any atom is -0.388 e. The second-order valence-corrected chi connectivity index (χ2v) is 19.4. The summed E-state index contributed by atoms with van der Waals surface area (Å²) in [7, 11) is 5.38. The predicted molar refractivity (Wildman–Crippen MR) is 265 cm³/mol. The van der Waals surface area contributed by atoms with Crippen molar-refractivity contribution in [2.75, 3.05) is 76.2 Å². The van der Waals surface area contributed by atoms with Gasteiger partial charge in [-0.15, -0.1) is 0 Å². The van der Waals surface area contributed by atoms with E-state index in [1.807, 2.05) is 42.0 Å². The molecule has 0 aliphatic carbocycles. The van der Waals surface area contributed by atoms with Crippen LogP contribution in [0.3, 0.4) is 0 Å². The van der Waals surface area contributed by atoms with Gasteiger partial charge in [0.1, 0.15) is 23.3 Å². The Morgan fingerprint density at radius 1 is 0.857 bits per heavy atom. The molecule has 4 aliphatic rings. The molecule has 0 bridgehead atoms. The second kappa shape index (κ2) is 18.8. The number of imide groups is 1. The highest BCUT2D eigenvalue weighted by atomic mass is 19.1. The van der Waals surface area contributed by atoms with Crippen LogP contribution in [0.15, 0.2) is 76.6 Å². The molecular weight excluding hydrogens is 897 g/mol. The van der Waals surface area contributed by atoms with Crippen LogP contribution in [0.25, 0.3) is 33.3 Å². The number of piperidine rings is 2. The summed E-state index contributed by atoms with van der Waals surface area (Å²) in [5, 5.41) is 6.19. The van der Waals surface area contributed by atoms with E-state index in [1.165, 1.54) is 21.3 Å². The molecule has 0 unspecified atom stereocenters. The minimum atomic E-state index is -0.886. The lowest BCUT2D eigenvalue weighted by atomic mass is 9.92. The van der Waals surface area contributed by atoms with Crippen molar-refractivity contribution in [2.24, 2.45) is 20.0 Å². The maximum atomic E-state index is 16.1. The first-order valence-electron chi connectivity index (χ1n) is 24.3. The summed E-state index contributed by atoms with van der Waals surface area (Å²) in [6.45, 7) is 10.1. The SMILES string of the molecule is CNc1ccn(-c2ccnc3c2cc([C@H](C)N2CC=C(c4c(C)cc(C(=O)N5CCC(CN6CCN(c7cc8c(cc7F)n([C@H]7CCC(=O)NC7=O)c(=O)n8C)CC6)CC5)cc4F)CC2)n3C)c(=O)c1. The number of anilines is 2. The average molecular weight is 956 g/mol. The maximum absolute atomic E-state index is 16.1. The summed E-state index contributed by atoms with van der Waals surface area (Å²) < 4.78 is 38.3. The van der Waals surface area contributed by atoms with Crippen molar-refractivity contribution in [3.8, 4) is 5.69 Å². The molecule has 18 heteroatoms. The highest BCUT2D eigenvalue weighted by Gasteiger charge is 2.33. The topological polar surface area (TPSA) is 155 Å². The molecule has 2 aromatic carbocycles. The van der Waals surface area contributed by atoms with E-state index in [9.17, 15) is 24.0 Å². The Balaban J connectivity index is 0.731. The summed E-state index contributed by atoms with van der Waals surface area (Å²) >= 11 is 0. The van der Waals surface area contributed by atoms with Crippen LogP contribution in [0.5, 0.6) is 0 Å². The van der Waals surface area contributed by atoms with Crippen LogP contribution >= 0.6 is 0 Å². The largest absolute Gasteiger partial charge is 0.388 e. The van der Waals surface area contributed by atoms with Crippen LogP contribution in [0.2, 0.25) is 0 Å². The number of fused-ring (bicyclic) bond motifs is 2. The zero-order valence-electron chi connectivity index (χ0n) is 40.3. The normalized spacial score (nSPS) is 19.2. The summed E-state index contributed by atoms with van der Waals surface area (Å²) in [5.74, 6) is -1.58. The van der Waals surface area contributed by atoms with Gasteiger partial charge in [-0.1, -0.05) is 6.08 Å². The Labute approximate surface area is 403 Å². The maximum Gasteiger partial charge on any atom is 0.329 e. The third-order valence-electron chi connectivity index (χ3n) is 15.3. The summed E-state index contributed by atoms with van der Waals surface area (Å²) in [6.07, 6.45) is 8.19. The molecule has 70 heavy (non-hydrogen) atoms. The number of nitrogens with zero attached hydrogens (tertiary/aromatic N) is 9. The van der Waals surface area contributed by atoms with Crippen molar-refractivity contribution in [1.29, 1.82) is 0 Å². The minimum absolute atomic E-state index is 0.0161. The van der Waals surface area contributed by atoms with Gasteiger partial charge >= 0.3 is 5.69 Å². The predicted octanol–water partition coefficient (Wildman–Crippen LogP) is 5.51. The van der Waals surface area contributed by atoms with E-state index in [1.54, 1.807) is 43.2 Å². The van der Waals surface area contributed by atoms with Crippen molar-refractivity contribution in [2.45, 2.75) is 58.0 Å². The van der Waals surface area contributed by atoms with Gasteiger partial charge in [0.25, 0.3) is 11.5 Å². The number of piperazine rings is 1. The lowest BCUT2D eigenvalue weighted by molar-refractivity contribution is -0.135. The van der Waals surface area contributed by atoms with Crippen molar-refractivity contribution in [3.05, 3.63) is 122 Å².